The first-order valence-corrected chi connectivity index (χ1v) is 19.0. The van der Waals surface area contributed by atoms with E-state index in [-0.39, 0.29) is 0 Å². The minimum absolute atomic E-state index is 0.535. The average molecular weight is 717 g/mol. The van der Waals surface area contributed by atoms with Gasteiger partial charge in [0.1, 0.15) is 0 Å². The molecule has 0 unspecified atom stereocenters. The fraction of sp³-hybridized carbons (Fsp3) is 0. The summed E-state index contributed by atoms with van der Waals surface area (Å²) in [5, 5.41) is 27.7. The molecule has 0 N–H and O–H groups in total. The van der Waals surface area contributed by atoms with Crippen molar-refractivity contribution in [3.63, 3.8) is 0 Å². The molecule has 3 aromatic heterocycles. The maximum atomic E-state index is 10.3. The van der Waals surface area contributed by atoms with Gasteiger partial charge in [0.05, 0.1) is 45.3 Å². The Hall–Kier alpha value is -7.44. The first-order valence-electron chi connectivity index (χ1n) is 18.2. The maximum Gasteiger partial charge on any atom is 0.0998 e. The quantitative estimate of drug-likeness (QED) is 0.182. The van der Waals surface area contributed by atoms with Gasteiger partial charge in [-0.1, -0.05) is 97.1 Å². The standard InChI is InChI=1S/C50H28N4S/c51-29-31-23-33(25-35(24-31)38-12-2-1-11-32(38)30-52)34-26-36(53-44-17-7-3-13-39(44)40-14-4-8-18-45(40)53)28-37(27-34)54-46-19-9-5-16-43(46)49-47(54)22-21-42-41-15-6-10-20-48(41)55-50(42)49/h1-28H. The third kappa shape index (κ3) is 4.68. The van der Waals surface area contributed by atoms with E-state index in [2.05, 4.69) is 155 Å². The smallest absolute Gasteiger partial charge is 0.0998 e. The van der Waals surface area contributed by atoms with Gasteiger partial charge in [-0.05, 0) is 95.1 Å². The summed E-state index contributed by atoms with van der Waals surface area (Å²) >= 11 is 1.85. The predicted molar refractivity (Wildman–Crippen MR) is 228 cm³/mol. The minimum Gasteiger partial charge on any atom is -0.309 e. The van der Waals surface area contributed by atoms with E-state index in [0.29, 0.717) is 11.1 Å². The Bertz CT molecular complexity index is 3420. The van der Waals surface area contributed by atoms with Crippen LogP contribution in [0.2, 0.25) is 0 Å². The fourth-order valence-corrected chi connectivity index (χ4v) is 9.84. The van der Waals surface area contributed by atoms with E-state index in [0.717, 1.165) is 55.7 Å². The van der Waals surface area contributed by atoms with E-state index in [4.69, 9.17) is 0 Å². The summed E-state index contributed by atoms with van der Waals surface area (Å²) in [5.74, 6) is 0. The zero-order valence-corrected chi connectivity index (χ0v) is 30.2. The lowest BCUT2D eigenvalue weighted by Crippen LogP contribution is -2.00. The van der Waals surface area contributed by atoms with Crippen molar-refractivity contribution in [3.05, 3.63) is 181 Å². The number of fused-ring (bicyclic) bond motifs is 10. The SMILES string of the molecule is N#Cc1cc(-c2cc(-n3c4ccccc4c4ccccc43)cc(-n3c4ccccc4c4c5sc6ccccc6c5ccc43)c2)cc(-c2ccccc2C#N)c1. The Morgan fingerprint density at radius 1 is 0.418 bits per heavy atom. The molecule has 5 heteroatoms. The monoisotopic (exact) mass is 716 g/mol. The molecule has 0 saturated heterocycles. The number of benzene rings is 8. The highest BCUT2D eigenvalue weighted by Crippen LogP contribution is 2.44. The molecule has 0 aliphatic rings. The van der Waals surface area contributed by atoms with Crippen LogP contribution in [-0.4, -0.2) is 9.13 Å². The molecule has 0 aliphatic heterocycles. The average Bonchev–Trinajstić information content (AvgIpc) is 3.91. The zero-order chi connectivity index (χ0) is 36.6. The Morgan fingerprint density at radius 3 is 1.69 bits per heavy atom. The summed E-state index contributed by atoms with van der Waals surface area (Å²) in [4.78, 5) is 0. The Kier molecular flexibility index (Phi) is 6.82. The molecular formula is C50H28N4S. The largest absolute Gasteiger partial charge is 0.309 e. The van der Waals surface area contributed by atoms with Gasteiger partial charge in [0.15, 0.2) is 0 Å². The first kappa shape index (κ1) is 31.1. The molecule has 3 heterocycles. The van der Waals surface area contributed by atoms with E-state index in [9.17, 15) is 10.5 Å². The van der Waals surface area contributed by atoms with Crippen molar-refractivity contribution in [3.8, 4) is 45.8 Å². The molecule has 0 amide bonds. The second kappa shape index (κ2) is 12.0. The van der Waals surface area contributed by atoms with Gasteiger partial charge in [-0.15, -0.1) is 11.3 Å². The van der Waals surface area contributed by atoms with Crippen molar-refractivity contribution in [1.82, 2.24) is 9.13 Å². The molecule has 0 saturated carbocycles. The van der Waals surface area contributed by atoms with Crippen LogP contribution in [0.15, 0.2) is 170 Å². The van der Waals surface area contributed by atoms with E-state index < -0.39 is 0 Å². The van der Waals surface area contributed by atoms with Crippen LogP contribution in [0.25, 0.3) is 97.4 Å². The summed E-state index contributed by atoms with van der Waals surface area (Å²) in [6.07, 6.45) is 0. The van der Waals surface area contributed by atoms with Gasteiger partial charge in [-0.25, -0.2) is 0 Å². The maximum absolute atomic E-state index is 10.3. The number of rotatable bonds is 4. The second-order valence-corrected chi connectivity index (χ2v) is 15.0. The molecular weight excluding hydrogens is 689 g/mol. The molecule has 0 aliphatic carbocycles. The van der Waals surface area contributed by atoms with Crippen molar-refractivity contribution >= 4 is 75.1 Å². The molecule has 11 rings (SSSR count). The van der Waals surface area contributed by atoms with E-state index >= 15 is 0 Å². The van der Waals surface area contributed by atoms with Gasteiger partial charge in [0.25, 0.3) is 0 Å². The van der Waals surface area contributed by atoms with Crippen molar-refractivity contribution in [2.75, 3.05) is 0 Å². The molecule has 4 nitrogen and oxygen atoms in total. The molecule has 0 bridgehead atoms. The van der Waals surface area contributed by atoms with Crippen LogP contribution in [0.5, 0.6) is 0 Å². The first-order chi connectivity index (χ1) is 27.2. The number of aromatic nitrogens is 2. The van der Waals surface area contributed by atoms with Gasteiger partial charge >= 0.3 is 0 Å². The number of thiophene rings is 1. The van der Waals surface area contributed by atoms with E-state index in [1.807, 2.05) is 47.7 Å². The Labute approximate surface area is 320 Å². The van der Waals surface area contributed by atoms with Crippen LogP contribution >= 0.6 is 11.3 Å². The van der Waals surface area contributed by atoms with Gasteiger partial charge in [-0.2, -0.15) is 10.5 Å². The van der Waals surface area contributed by atoms with E-state index in [1.165, 1.54) is 41.7 Å². The lowest BCUT2D eigenvalue weighted by molar-refractivity contribution is 1.13. The summed E-state index contributed by atoms with van der Waals surface area (Å²) in [6.45, 7) is 0. The van der Waals surface area contributed by atoms with Crippen LogP contribution in [0.3, 0.4) is 0 Å². The van der Waals surface area contributed by atoms with Crippen molar-refractivity contribution in [2.24, 2.45) is 0 Å². The van der Waals surface area contributed by atoms with Crippen molar-refractivity contribution in [2.45, 2.75) is 0 Å². The Balaban J connectivity index is 1.26. The molecule has 254 valence electrons. The lowest BCUT2D eigenvalue weighted by Gasteiger charge is -2.17. The summed E-state index contributed by atoms with van der Waals surface area (Å²) in [6, 6.07) is 64.1. The Morgan fingerprint density at radius 2 is 0.982 bits per heavy atom. The summed E-state index contributed by atoms with van der Waals surface area (Å²) < 4.78 is 7.32. The van der Waals surface area contributed by atoms with Crippen LogP contribution < -0.4 is 0 Å². The van der Waals surface area contributed by atoms with Gasteiger partial charge in [0, 0.05) is 53.1 Å². The van der Waals surface area contributed by atoms with Gasteiger partial charge in [-0.3, -0.25) is 0 Å². The number of hydrogen-bond acceptors (Lipinski definition) is 3. The number of nitriles is 2. The zero-order valence-electron chi connectivity index (χ0n) is 29.4. The predicted octanol–water partition coefficient (Wildman–Crippen LogP) is 13.3. The van der Waals surface area contributed by atoms with Gasteiger partial charge in [0.2, 0.25) is 0 Å². The van der Waals surface area contributed by atoms with Crippen molar-refractivity contribution < 1.29 is 0 Å². The number of para-hydroxylation sites is 3. The summed E-state index contributed by atoms with van der Waals surface area (Å²) in [5.41, 5.74) is 11.1. The van der Waals surface area contributed by atoms with E-state index in [1.54, 1.807) is 0 Å². The van der Waals surface area contributed by atoms with Crippen molar-refractivity contribution in [1.29, 1.82) is 10.5 Å². The van der Waals surface area contributed by atoms with Crippen LogP contribution in [-0.2, 0) is 0 Å². The van der Waals surface area contributed by atoms with Crippen LogP contribution in [0, 0.1) is 22.7 Å². The highest BCUT2D eigenvalue weighted by Gasteiger charge is 2.20. The summed E-state index contributed by atoms with van der Waals surface area (Å²) in [7, 11) is 0. The minimum atomic E-state index is 0.535. The van der Waals surface area contributed by atoms with Gasteiger partial charge < -0.3 is 9.13 Å². The molecule has 11 aromatic rings. The molecule has 8 aromatic carbocycles. The molecule has 0 atom stereocenters. The van der Waals surface area contributed by atoms with Crippen LogP contribution in [0.4, 0.5) is 0 Å². The highest BCUT2D eigenvalue weighted by atomic mass is 32.1. The lowest BCUT2D eigenvalue weighted by atomic mass is 9.93. The topological polar surface area (TPSA) is 57.4 Å². The number of hydrogen-bond donors (Lipinski definition) is 0. The van der Waals surface area contributed by atoms with Crippen LogP contribution in [0.1, 0.15) is 11.1 Å². The third-order valence-electron chi connectivity index (χ3n) is 10.9. The third-order valence-corrected chi connectivity index (χ3v) is 12.1. The molecule has 0 spiro atoms. The molecule has 0 fully saturated rings. The molecule has 55 heavy (non-hydrogen) atoms. The number of nitrogens with zero attached hydrogens (tertiary/aromatic N) is 4. The second-order valence-electron chi connectivity index (χ2n) is 14.0. The molecule has 0 radical (unpaired) electrons. The highest BCUT2D eigenvalue weighted by molar-refractivity contribution is 7.26. The fourth-order valence-electron chi connectivity index (χ4n) is 8.58. The normalized spacial score (nSPS) is 11.6.